The molecule has 2 N–H and O–H groups in total. The van der Waals surface area contributed by atoms with Crippen LogP contribution < -0.4 is 10.1 Å². The number of hydrogen-bond acceptors (Lipinski definition) is 4. The first-order valence-corrected chi connectivity index (χ1v) is 7.91. The third kappa shape index (κ3) is 4.08. The molecule has 128 valence electrons. The molecule has 0 bridgehead atoms. The predicted octanol–water partition coefficient (Wildman–Crippen LogP) is 3.30. The molecular formula is C20H19NO4. The molecule has 0 aliphatic carbocycles. The lowest BCUT2D eigenvalue weighted by Crippen LogP contribution is -2.29. The molecule has 1 aromatic heterocycles. The summed E-state index contributed by atoms with van der Waals surface area (Å²) in [6.07, 6.45) is 3.00. The standard InChI is InChI=1S/C20H19NO4/c1-24-16-7-4-6-14(11-16)18(13-22)21-20(23)10-9-17-12-15-5-2-3-8-19(15)25-17/h2-12,18,22H,13H2,1H3,(H,21,23)/b10-9+. The highest BCUT2D eigenvalue weighted by molar-refractivity contribution is 5.92. The number of para-hydroxylation sites is 1. The summed E-state index contributed by atoms with van der Waals surface area (Å²) in [5, 5.41) is 13.3. The number of rotatable bonds is 6. The second kappa shape index (κ2) is 7.68. The smallest absolute Gasteiger partial charge is 0.244 e. The van der Waals surface area contributed by atoms with Gasteiger partial charge in [-0.25, -0.2) is 0 Å². The highest BCUT2D eigenvalue weighted by atomic mass is 16.5. The monoisotopic (exact) mass is 337 g/mol. The highest BCUT2D eigenvalue weighted by Gasteiger charge is 2.13. The molecule has 1 heterocycles. The summed E-state index contributed by atoms with van der Waals surface area (Å²) in [5.41, 5.74) is 1.54. The Hall–Kier alpha value is -3.05. The summed E-state index contributed by atoms with van der Waals surface area (Å²) < 4.78 is 10.8. The van der Waals surface area contributed by atoms with Crippen molar-refractivity contribution in [1.29, 1.82) is 0 Å². The molecule has 0 aliphatic heterocycles. The number of ether oxygens (including phenoxy) is 1. The number of benzene rings is 2. The lowest BCUT2D eigenvalue weighted by Gasteiger charge is -2.16. The number of fused-ring (bicyclic) bond motifs is 1. The minimum Gasteiger partial charge on any atom is -0.497 e. The zero-order valence-electron chi connectivity index (χ0n) is 13.8. The number of hydrogen-bond donors (Lipinski definition) is 2. The second-order valence-corrected chi connectivity index (χ2v) is 5.54. The molecule has 5 heteroatoms. The van der Waals surface area contributed by atoms with Gasteiger partial charge >= 0.3 is 0 Å². The average Bonchev–Trinajstić information content (AvgIpc) is 3.07. The van der Waals surface area contributed by atoms with Crippen LogP contribution in [0.2, 0.25) is 0 Å². The summed E-state index contributed by atoms with van der Waals surface area (Å²) in [7, 11) is 1.57. The lowest BCUT2D eigenvalue weighted by atomic mass is 10.1. The molecule has 0 fully saturated rings. The van der Waals surface area contributed by atoms with Gasteiger partial charge in [0.25, 0.3) is 0 Å². The van der Waals surface area contributed by atoms with Gasteiger partial charge in [-0.2, -0.15) is 0 Å². The van der Waals surface area contributed by atoms with E-state index in [1.165, 1.54) is 6.08 Å². The zero-order valence-corrected chi connectivity index (χ0v) is 13.8. The van der Waals surface area contributed by atoms with Crippen LogP contribution in [0.25, 0.3) is 17.0 Å². The van der Waals surface area contributed by atoms with E-state index in [2.05, 4.69) is 5.32 Å². The van der Waals surface area contributed by atoms with Gasteiger partial charge < -0.3 is 19.6 Å². The van der Waals surface area contributed by atoms with E-state index in [1.54, 1.807) is 25.3 Å². The van der Waals surface area contributed by atoms with Crippen molar-refractivity contribution in [1.82, 2.24) is 5.32 Å². The van der Waals surface area contributed by atoms with E-state index in [4.69, 9.17) is 9.15 Å². The maximum absolute atomic E-state index is 12.1. The van der Waals surface area contributed by atoms with E-state index < -0.39 is 6.04 Å². The first kappa shape index (κ1) is 16.8. The van der Waals surface area contributed by atoms with E-state index in [9.17, 15) is 9.90 Å². The SMILES string of the molecule is COc1cccc(C(CO)NC(=O)/C=C/c2cc3ccccc3o2)c1. The van der Waals surface area contributed by atoms with Crippen molar-refractivity contribution in [2.45, 2.75) is 6.04 Å². The number of nitrogens with one attached hydrogen (secondary N) is 1. The van der Waals surface area contributed by atoms with Gasteiger partial charge in [0.15, 0.2) is 0 Å². The number of methoxy groups -OCH3 is 1. The van der Waals surface area contributed by atoms with Gasteiger partial charge in [0.1, 0.15) is 17.1 Å². The summed E-state index contributed by atoms with van der Waals surface area (Å²) >= 11 is 0. The van der Waals surface area contributed by atoms with Crippen LogP contribution in [-0.2, 0) is 4.79 Å². The quantitative estimate of drug-likeness (QED) is 0.677. The molecule has 1 atom stereocenters. The van der Waals surface area contributed by atoms with Crippen molar-refractivity contribution in [3.63, 3.8) is 0 Å². The van der Waals surface area contributed by atoms with E-state index in [0.717, 1.165) is 16.5 Å². The Labute approximate surface area is 145 Å². The molecule has 3 rings (SSSR count). The zero-order chi connectivity index (χ0) is 17.6. The molecule has 25 heavy (non-hydrogen) atoms. The number of furan rings is 1. The van der Waals surface area contributed by atoms with E-state index in [0.29, 0.717) is 11.5 Å². The Balaban J connectivity index is 1.69. The fourth-order valence-corrected chi connectivity index (χ4v) is 2.55. The van der Waals surface area contributed by atoms with Crippen molar-refractivity contribution in [2.75, 3.05) is 13.7 Å². The summed E-state index contributed by atoms with van der Waals surface area (Å²) in [5.74, 6) is 0.948. The lowest BCUT2D eigenvalue weighted by molar-refractivity contribution is -0.117. The molecule has 5 nitrogen and oxygen atoms in total. The van der Waals surface area contributed by atoms with E-state index >= 15 is 0 Å². The average molecular weight is 337 g/mol. The van der Waals surface area contributed by atoms with Crippen LogP contribution in [0.1, 0.15) is 17.4 Å². The Kier molecular flexibility index (Phi) is 5.16. The van der Waals surface area contributed by atoms with Crippen molar-refractivity contribution < 1.29 is 19.1 Å². The molecule has 0 radical (unpaired) electrons. The Bertz CT molecular complexity index is 864. The van der Waals surface area contributed by atoms with Gasteiger partial charge in [-0.15, -0.1) is 0 Å². The van der Waals surface area contributed by atoms with Gasteiger partial charge in [-0.3, -0.25) is 4.79 Å². The summed E-state index contributed by atoms with van der Waals surface area (Å²) in [6, 6.07) is 16.2. The van der Waals surface area contributed by atoms with Crippen LogP contribution in [0, 0.1) is 0 Å². The number of carbonyl (C=O) groups is 1. The van der Waals surface area contributed by atoms with Crippen LogP contribution in [0.3, 0.4) is 0 Å². The van der Waals surface area contributed by atoms with Gasteiger partial charge in [-0.1, -0.05) is 30.3 Å². The van der Waals surface area contributed by atoms with Crippen LogP contribution in [-0.4, -0.2) is 24.7 Å². The summed E-state index contributed by atoms with van der Waals surface area (Å²) in [4.78, 5) is 12.1. The van der Waals surface area contributed by atoms with Crippen LogP contribution in [0.4, 0.5) is 0 Å². The molecule has 3 aromatic rings. The number of aliphatic hydroxyl groups excluding tert-OH is 1. The second-order valence-electron chi connectivity index (χ2n) is 5.54. The third-order valence-corrected chi connectivity index (χ3v) is 3.84. The van der Waals surface area contributed by atoms with Gasteiger partial charge in [0, 0.05) is 11.5 Å². The van der Waals surface area contributed by atoms with Gasteiger partial charge in [-0.05, 0) is 35.9 Å². The van der Waals surface area contributed by atoms with Crippen molar-refractivity contribution in [2.24, 2.45) is 0 Å². The van der Waals surface area contributed by atoms with Crippen molar-refractivity contribution in [3.8, 4) is 5.75 Å². The number of carbonyl (C=O) groups excluding carboxylic acids is 1. The molecule has 0 saturated carbocycles. The molecule has 0 saturated heterocycles. The minimum absolute atomic E-state index is 0.211. The maximum Gasteiger partial charge on any atom is 0.244 e. The predicted molar refractivity (Wildman–Crippen MR) is 96.2 cm³/mol. The fourth-order valence-electron chi connectivity index (χ4n) is 2.55. The maximum atomic E-state index is 12.1. The third-order valence-electron chi connectivity index (χ3n) is 3.84. The number of amides is 1. The Morgan fingerprint density at radius 3 is 2.84 bits per heavy atom. The van der Waals surface area contributed by atoms with Crippen molar-refractivity contribution in [3.05, 3.63) is 72.0 Å². The van der Waals surface area contributed by atoms with Crippen LogP contribution in [0.15, 0.2) is 65.1 Å². The highest BCUT2D eigenvalue weighted by Crippen LogP contribution is 2.20. The Morgan fingerprint density at radius 1 is 1.24 bits per heavy atom. The molecule has 0 aliphatic rings. The van der Waals surface area contributed by atoms with Crippen LogP contribution in [0.5, 0.6) is 5.75 Å². The van der Waals surface area contributed by atoms with Gasteiger partial charge in [0.05, 0.1) is 19.8 Å². The molecule has 2 aromatic carbocycles. The molecule has 1 unspecified atom stereocenters. The van der Waals surface area contributed by atoms with E-state index in [1.807, 2.05) is 42.5 Å². The van der Waals surface area contributed by atoms with Crippen LogP contribution >= 0.6 is 0 Å². The van der Waals surface area contributed by atoms with Crippen molar-refractivity contribution >= 4 is 23.0 Å². The largest absolute Gasteiger partial charge is 0.497 e. The summed E-state index contributed by atoms with van der Waals surface area (Å²) in [6.45, 7) is -0.211. The fraction of sp³-hybridized carbons (Fsp3) is 0.150. The molecule has 0 spiro atoms. The number of aliphatic hydroxyl groups is 1. The first-order chi connectivity index (χ1) is 12.2. The molecule has 1 amide bonds. The minimum atomic E-state index is -0.511. The first-order valence-electron chi connectivity index (χ1n) is 7.91. The van der Waals surface area contributed by atoms with Gasteiger partial charge in [0.2, 0.25) is 5.91 Å². The van der Waals surface area contributed by atoms with E-state index in [-0.39, 0.29) is 12.5 Å². The topological polar surface area (TPSA) is 71.7 Å². The normalized spacial score (nSPS) is 12.4. The molecular weight excluding hydrogens is 318 g/mol. The Morgan fingerprint density at radius 2 is 2.08 bits per heavy atom.